The predicted octanol–water partition coefficient (Wildman–Crippen LogP) is 4.47. The van der Waals surface area contributed by atoms with E-state index in [1.807, 2.05) is 24.3 Å². The number of carbonyl (C=O) groups excluding carboxylic acids is 1. The van der Waals surface area contributed by atoms with Gasteiger partial charge in [0, 0.05) is 5.02 Å². The normalized spacial score (nSPS) is 11.6. The SMILES string of the molecule is CC(Oc1ccc(COc2ccc(Cl)cc2)cc1)C(=O)OCCCl. The molecule has 0 aliphatic rings. The maximum atomic E-state index is 11.6. The molecule has 4 nitrogen and oxygen atoms in total. The van der Waals surface area contributed by atoms with Crippen LogP contribution in [0.1, 0.15) is 12.5 Å². The highest BCUT2D eigenvalue weighted by Crippen LogP contribution is 2.18. The Bertz CT molecular complexity index is 641. The van der Waals surface area contributed by atoms with Gasteiger partial charge in [-0.25, -0.2) is 4.79 Å². The van der Waals surface area contributed by atoms with Crippen molar-refractivity contribution in [3.8, 4) is 11.5 Å². The molecule has 0 radical (unpaired) electrons. The third-order valence-electron chi connectivity index (χ3n) is 3.11. The van der Waals surface area contributed by atoms with Gasteiger partial charge >= 0.3 is 5.97 Å². The van der Waals surface area contributed by atoms with Gasteiger partial charge in [-0.3, -0.25) is 0 Å². The van der Waals surface area contributed by atoms with Crippen LogP contribution in [0.3, 0.4) is 0 Å². The van der Waals surface area contributed by atoms with Gasteiger partial charge in [-0.15, -0.1) is 11.6 Å². The second-order valence-corrected chi connectivity index (χ2v) is 5.82. The van der Waals surface area contributed by atoms with E-state index in [-0.39, 0.29) is 12.5 Å². The van der Waals surface area contributed by atoms with Crippen LogP contribution in [-0.4, -0.2) is 24.6 Å². The van der Waals surface area contributed by atoms with Crippen LogP contribution in [0.2, 0.25) is 5.02 Å². The summed E-state index contributed by atoms with van der Waals surface area (Å²) < 4.78 is 16.1. The van der Waals surface area contributed by atoms with Gasteiger partial charge in [0.15, 0.2) is 6.10 Å². The number of halogens is 2. The molecule has 0 N–H and O–H groups in total. The van der Waals surface area contributed by atoms with Crippen molar-refractivity contribution >= 4 is 29.2 Å². The number of ether oxygens (including phenoxy) is 3. The first kappa shape index (κ1) is 18.4. The largest absolute Gasteiger partial charge is 0.489 e. The minimum Gasteiger partial charge on any atom is -0.489 e. The molecule has 128 valence electrons. The smallest absolute Gasteiger partial charge is 0.347 e. The summed E-state index contributed by atoms with van der Waals surface area (Å²) in [5.74, 6) is 1.16. The second-order valence-electron chi connectivity index (χ2n) is 5.00. The van der Waals surface area contributed by atoms with Crippen LogP contribution in [0.5, 0.6) is 11.5 Å². The fourth-order valence-electron chi connectivity index (χ4n) is 1.87. The maximum absolute atomic E-state index is 11.6. The molecule has 1 unspecified atom stereocenters. The van der Waals surface area contributed by atoms with Gasteiger partial charge in [-0.1, -0.05) is 23.7 Å². The Hall–Kier alpha value is -1.91. The Labute approximate surface area is 151 Å². The number of hydrogen-bond donors (Lipinski definition) is 0. The second kappa shape index (κ2) is 9.40. The Kier molecular flexibility index (Phi) is 7.22. The number of benzene rings is 2. The first-order valence-electron chi connectivity index (χ1n) is 7.45. The maximum Gasteiger partial charge on any atom is 0.347 e. The summed E-state index contributed by atoms with van der Waals surface area (Å²) in [6.07, 6.45) is -0.690. The van der Waals surface area contributed by atoms with E-state index in [9.17, 15) is 4.79 Å². The molecule has 0 heterocycles. The third-order valence-corrected chi connectivity index (χ3v) is 3.52. The highest BCUT2D eigenvalue weighted by molar-refractivity contribution is 6.30. The van der Waals surface area contributed by atoms with E-state index in [0.717, 1.165) is 11.3 Å². The molecule has 24 heavy (non-hydrogen) atoms. The fourth-order valence-corrected chi connectivity index (χ4v) is 2.07. The zero-order chi connectivity index (χ0) is 17.4. The molecule has 1 atom stereocenters. The summed E-state index contributed by atoms with van der Waals surface area (Å²) in [5, 5.41) is 0.669. The van der Waals surface area contributed by atoms with Gasteiger partial charge in [-0.05, 0) is 48.9 Å². The van der Waals surface area contributed by atoms with Crippen LogP contribution < -0.4 is 9.47 Å². The molecule has 0 spiro atoms. The lowest BCUT2D eigenvalue weighted by Crippen LogP contribution is -2.26. The third kappa shape index (κ3) is 5.95. The van der Waals surface area contributed by atoms with Gasteiger partial charge in [0.2, 0.25) is 0 Å². The Morgan fingerprint density at radius 1 is 1.04 bits per heavy atom. The van der Waals surface area contributed by atoms with Gasteiger partial charge in [0.1, 0.15) is 24.7 Å². The van der Waals surface area contributed by atoms with Crippen LogP contribution in [0.4, 0.5) is 0 Å². The van der Waals surface area contributed by atoms with E-state index in [0.29, 0.717) is 17.4 Å². The quantitative estimate of drug-likeness (QED) is 0.509. The molecule has 0 amide bonds. The molecular weight excluding hydrogens is 351 g/mol. The predicted molar refractivity (Wildman–Crippen MR) is 94.0 cm³/mol. The summed E-state index contributed by atoms with van der Waals surface area (Å²) in [6, 6.07) is 14.5. The van der Waals surface area contributed by atoms with E-state index in [1.165, 1.54) is 0 Å². The van der Waals surface area contributed by atoms with E-state index >= 15 is 0 Å². The molecule has 0 aliphatic carbocycles. The molecule has 0 aliphatic heterocycles. The van der Waals surface area contributed by atoms with E-state index in [1.54, 1.807) is 31.2 Å². The molecule has 0 aromatic heterocycles. The molecule has 2 aromatic rings. The highest BCUT2D eigenvalue weighted by Gasteiger charge is 2.15. The van der Waals surface area contributed by atoms with Crippen molar-refractivity contribution in [2.24, 2.45) is 0 Å². The van der Waals surface area contributed by atoms with Gasteiger partial charge < -0.3 is 14.2 Å². The highest BCUT2D eigenvalue weighted by atomic mass is 35.5. The molecule has 2 rings (SSSR count). The van der Waals surface area contributed by atoms with Crippen molar-refractivity contribution in [2.45, 2.75) is 19.6 Å². The Morgan fingerprint density at radius 2 is 1.67 bits per heavy atom. The lowest BCUT2D eigenvalue weighted by Gasteiger charge is -2.14. The zero-order valence-electron chi connectivity index (χ0n) is 13.2. The minimum atomic E-state index is -0.690. The Morgan fingerprint density at radius 3 is 2.29 bits per heavy atom. The van der Waals surface area contributed by atoms with Crippen LogP contribution in [-0.2, 0) is 16.1 Å². The van der Waals surface area contributed by atoms with Crippen LogP contribution in [0, 0.1) is 0 Å². The van der Waals surface area contributed by atoms with Crippen molar-refractivity contribution in [1.29, 1.82) is 0 Å². The summed E-state index contributed by atoms with van der Waals surface area (Å²) in [5.41, 5.74) is 0.981. The minimum absolute atomic E-state index is 0.176. The van der Waals surface area contributed by atoms with Gasteiger partial charge in [-0.2, -0.15) is 0 Å². The zero-order valence-corrected chi connectivity index (χ0v) is 14.7. The van der Waals surface area contributed by atoms with E-state index < -0.39 is 12.1 Å². The van der Waals surface area contributed by atoms with Crippen molar-refractivity contribution in [1.82, 2.24) is 0 Å². The van der Waals surface area contributed by atoms with E-state index in [2.05, 4.69) is 0 Å². The molecular formula is C18H18Cl2O4. The molecule has 0 bridgehead atoms. The number of hydrogen-bond acceptors (Lipinski definition) is 4. The van der Waals surface area contributed by atoms with Crippen LogP contribution >= 0.6 is 23.2 Å². The first-order valence-corrected chi connectivity index (χ1v) is 8.36. The summed E-state index contributed by atoms with van der Waals surface area (Å²) in [4.78, 5) is 11.6. The topological polar surface area (TPSA) is 44.8 Å². The number of carbonyl (C=O) groups is 1. The Balaban J connectivity index is 1.83. The van der Waals surface area contributed by atoms with Crippen molar-refractivity contribution in [3.63, 3.8) is 0 Å². The van der Waals surface area contributed by atoms with E-state index in [4.69, 9.17) is 37.4 Å². The molecule has 0 fully saturated rings. The van der Waals surface area contributed by atoms with Crippen molar-refractivity contribution in [3.05, 3.63) is 59.1 Å². The lowest BCUT2D eigenvalue weighted by atomic mass is 10.2. The lowest BCUT2D eigenvalue weighted by molar-refractivity contribution is -0.150. The number of alkyl halides is 1. The van der Waals surface area contributed by atoms with Crippen LogP contribution in [0.25, 0.3) is 0 Å². The van der Waals surface area contributed by atoms with Gasteiger partial charge in [0.05, 0.1) is 5.88 Å². The molecule has 0 saturated carbocycles. The number of rotatable bonds is 8. The first-order chi connectivity index (χ1) is 11.6. The monoisotopic (exact) mass is 368 g/mol. The molecule has 6 heteroatoms. The van der Waals surface area contributed by atoms with Gasteiger partial charge in [0.25, 0.3) is 0 Å². The summed E-state index contributed by atoms with van der Waals surface area (Å²) >= 11 is 11.3. The molecule has 2 aromatic carbocycles. The van der Waals surface area contributed by atoms with Crippen LogP contribution in [0.15, 0.2) is 48.5 Å². The number of esters is 1. The van der Waals surface area contributed by atoms with Crippen molar-refractivity contribution < 1.29 is 19.0 Å². The fraction of sp³-hybridized carbons (Fsp3) is 0.278. The summed E-state index contributed by atoms with van der Waals surface area (Å²) in [6.45, 7) is 2.23. The average Bonchev–Trinajstić information content (AvgIpc) is 2.60. The average molecular weight is 369 g/mol. The summed E-state index contributed by atoms with van der Waals surface area (Å²) in [7, 11) is 0. The molecule has 0 saturated heterocycles. The standard InChI is InChI=1S/C18H18Cl2O4/c1-13(18(21)22-11-10-19)24-17-6-2-14(3-7-17)12-23-16-8-4-15(20)5-9-16/h2-9,13H,10-12H2,1H3. The van der Waals surface area contributed by atoms with Crippen molar-refractivity contribution in [2.75, 3.05) is 12.5 Å².